The van der Waals surface area contributed by atoms with Gasteiger partial charge in [-0.2, -0.15) is 8.78 Å². The second-order valence-corrected chi connectivity index (χ2v) is 11.5. The van der Waals surface area contributed by atoms with Gasteiger partial charge in [0.25, 0.3) is 5.92 Å². The van der Waals surface area contributed by atoms with Gasteiger partial charge in [-0.25, -0.2) is 9.78 Å². The number of benzene rings is 3. The first-order valence-corrected chi connectivity index (χ1v) is 13.5. The van der Waals surface area contributed by atoms with Gasteiger partial charge in [0, 0.05) is 27.7 Å². The molecule has 3 aliphatic rings. The number of H-pyrrole nitrogens is 1. The maximum atomic E-state index is 15.4. The zero-order chi connectivity index (χ0) is 26.1. The van der Waals surface area contributed by atoms with E-state index in [1.807, 2.05) is 36.4 Å². The van der Waals surface area contributed by atoms with Crippen molar-refractivity contribution in [3.05, 3.63) is 99.9 Å². The molecule has 1 amide bonds. The number of likely N-dealkylation sites (tertiary alicyclic amines) is 1. The van der Waals surface area contributed by atoms with E-state index < -0.39 is 5.92 Å². The normalized spacial score (nSPS) is 19.9. The molecule has 1 atom stereocenters. The number of aromatic amines is 1. The number of hydrogen-bond donors (Lipinski definition) is 1. The summed E-state index contributed by atoms with van der Waals surface area (Å²) in [6.07, 6.45) is 4.28. The number of rotatable bonds is 4. The Bertz CT molecular complexity index is 1560. The lowest BCUT2D eigenvalue weighted by atomic mass is 10.0. The number of fused-ring (bicyclic) bond motifs is 3. The lowest BCUT2D eigenvalue weighted by molar-refractivity contribution is 0.0480. The first kappa shape index (κ1) is 23.6. The molecule has 38 heavy (non-hydrogen) atoms. The molecule has 3 aromatic carbocycles. The van der Waals surface area contributed by atoms with Crippen LogP contribution in [0.15, 0.2) is 77.4 Å². The van der Waals surface area contributed by atoms with Crippen LogP contribution in [0.4, 0.5) is 13.6 Å². The summed E-state index contributed by atoms with van der Waals surface area (Å²) in [5.74, 6) is -2.43. The van der Waals surface area contributed by atoms with E-state index in [2.05, 4.69) is 25.9 Å². The first-order valence-electron chi connectivity index (χ1n) is 12.7. The minimum atomic E-state index is -3.09. The molecule has 1 spiro atoms. The van der Waals surface area contributed by atoms with Crippen molar-refractivity contribution in [3.8, 4) is 22.4 Å². The quantitative estimate of drug-likeness (QED) is 0.270. The number of aromatic nitrogens is 2. The summed E-state index contributed by atoms with van der Waals surface area (Å²) < 4.78 is 37.0. The number of hydrogen-bond acceptors (Lipinski definition) is 3. The van der Waals surface area contributed by atoms with E-state index in [9.17, 15) is 4.79 Å². The molecule has 1 aliphatic heterocycles. The predicted molar refractivity (Wildman–Crippen MR) is 143 cm³/mol. The van der Waals surface area contributed by atoms with Gasteiger partial charge in [-0.3, -0.25) is 4.90 Å². The Morgan fingerprint density at radius 1 is 1.05 bits per heavy atom. The van der Waals surface area contributed by atoms with Gasteiger partial charge in [-0.15, -0.1) is 0 Å². The fourth-order valence-electron chi connectivity index (χ4n) is 5.85. The summed E-state index contributed by atoms with van der Waals surface area (Å²) in [5, 5.41) is 0. The molecular weight excluding hydrogens is 552 g/mol. The van der Waals surface area contributed by atoms with Crippen LogP contribution in [0.2, 0.25) is 0 Å². The molecule has 8 heteroatoms. The standard InChI is InChI=1S/C30H24BrF2N3O2/c31-20-7-9-22-21-8-6-19(12-23(21)30(32,33)24(22)13-20)25-15-34-27(35-25)26-14-29(10-11-29)17-36(26)28(37)38-16-18-4-2-1-3-5-18/h1-9,12-13,15,26H,10-11,14,16-17H2,(H,34,35)/t26-/m0/s1. The van der Waals surface area contributed by atoms with Gasteiger partial charge >= 0.3 is 6.09 Å². The van der Waals surface area contributed by atoms with Crippen molar-refractivity contribution >= 4 is 22.0 Å². The van der Waals surface area contributed by atoms with Crippen LogP contribution in [-0.4, -0.2) is 27.5 Å². The highest BCUT2D eigenvalue weighted by molar-refractivity contribution is 9.10. The van der Waals surface area contributed by atoms with E-state index in [-0.39, 0.29) is 35.3 Å². The number of nitrogens with zero attached hydrogens (tertiary/aromatic N) is 2. The van der Waals surface area contributed by atoms with E-state index in [0.29, 0.717) is 39.2 Å². The number of amides is 1. The van der Waals surface area contributed by atoms with Crippen molar-refractivity contribution in [2.45, 2.75) is 37.8 Å². The summed E-state index contributed by atoms with van der Waals surface area (Å²) in [4.78, 5) is 22.8. The molecule has 0 unspecified atom stereocenters. The van der Waals surface area contributed by atoms with Crippen LogP contribution in [0, 0.1) is 5.41 Å². The molecule has 5 nitrogen and oxygen atoms in total. The average Bonchev–Trinajstić information content (AvgIpc) is 3.24. The minimum Gasteiger partial charge on any atom is -0.445 e. The second kappa shape index (κ2) is 8.50. The number of halogens is 3. The summed E-state index contributed by atoms with van der Waals surface area (Å²) in [6, 6.07) is 19.5. The topological polar surface area (TPSA) is 58.2 Å². The zero-order valence-electron chi connectivity index (χ0n) is 20.4. The zero-order valence-corrected chi connectivity index (χ0v) is 22.0. The molecular formula is C30H24BrF2N3O2. The van der Waals surface area contributed by atoms with Gasteiger partial charge in [0.2, 0.25) is 0 Å². The number of ether oxygens (including phenoxy) is 1. The van der Waals surface area contributed by atoms with Crippen LogP contribution < -0.4 is 0 Å². The van der Waals surface area contributed by atoms with Gasteiger partial charge in [-0.1, -0.05) is 64.5 Å². The summed E-state index contributed by atoms with van der Waals surface area (Å²) in [5.41, 5.74) is 3.42. The summed E-state index contributed by atoms with van der Waals surface area (Å²) in [6.45, 7) is 0.849. The first-order chi connectivity index (χ1) is 18.3. The molecule has 0 bridgehead atoms. The molecule has 4 aromatic rings. The van der Waals surface area contributed by atoms with Crippen LogP contribution in [0.25, 0.3) is 22.4 Å². The van der Waals surface area contributed by atoms with Crippen LogP contribution in [0.1, 0.15) is 47.8 Å². The molecule has 1 saturated heterocycles. The Morgan fingerprint density at radius 3 is 2.55 bits per heavy atom. The molecule has 2 aliphatic carbocycles. The number of carbonyl (C=O) groups excluding carboxylic acids is 1. The van der Waals surface area contributed by atoms with Crippen molar-refractivity contribution in [1.29, 1.82) is 0 Å². The van der Waals surface area contributed by atoms with E-state index in [4.69, 9.17) is 4.74 Å². The van der Waals surface area contributed by atoms with Crippen molar-refractivity contribution in [1.82, 2.24) is 14.9 Å². The highest BCUT2D eigenvalue weighted by Crippen LogP contribution is 2.58. The van der Waals surface area contributed by atoms with Gasteiger partial charge < -0.3 is 9.72 Å². The lowest BCUT2D eigenvalue weighted by Gasteiger charge is -2.22. The number of nitrogens with one attached hydrogen (secondary N) is 1. The smallest absolute Gasteiger partial charge is 0.410 e. The molecule has 2 heterocycles. The second-order valence-electron chi connectivity index (χ2n) is 10.6. The Balaban J connectivity index is 1.15. The highest BCUT2D eigenvalue weighted by Gasteiger charge is 2.55. The third kappa shape index (κ3) is 3.85. The lowest BCUT2D eigenvalue weighted by Crippen LogP contribution is -2.32. The van der Waals surface area contributed by atoms with Crippen molar-refractivity contribution in [2.24, 2.45) is 5.41 Å². The molecule has 1 saturated carbocycles. The fourth-order valence-corrected chi connectivity index (χ4v) is 6.21. The SMILES string of the molecule is O=C(OCc1ccccc1)N1CC2(CC2)C[C@H]1c1ncc(-c2ccc3c(c2)C(F)(F)c2cc(Br)ccc2-3)[nH]1. The number of alkyl halides is 2. The molecule has 0 radical (unpaired) electrons. The Labute approximate surface area is 227 Å². The monoisotopic (exact) mass is 575 g/mol. The van der Waals surface area contributed by atoms with Crippen molar-refractivity contribution in [2.75, 3.05) is 6.54 Å². The summed E-state index contributed by atoms with van der Waals surface area (Å²) >= 11 is 3.31. The molecule has 2 fully saturated rings. The van der Waals surface area contributed by atoms with Crippen LogP contribution >= 0.6 is 15.9 Å². The number of imidazole rings is 1. The van der Waals surface area contributed by atoms with Gasteiger partial charge in [0.15, 0.2) is 0 Å². The Kier molecular flexibility index (Phi) is 5.27. The highest BCUT2D eigenvalue weighted by atomic mass is 79.9. The van der Waals surface area contributed by atoms with Gasteiger partial charge in [0.05, 0.1) is 17.9 Å². The van der Waals surface area contributed by atoms with E-state index in [1.165, 1.54) is 6.07 Å². The van der Waals surface area contributed by atoms with Crippen LogP contribution in [0.3, 0.4) is 0 Å². The molecule has 7 rings (SSSR count). The van der Waals surface area contributed by atoms with Crippen LogP contribution in [0.5, 0.6) is 0 Å². The molecule has 1 N–H and O–H groups in total. The van der Waals surface area contributed by atoms with E-state index in [0.717, 1.165) is 24.8 Å². The van der Waals surface area contributed by atoms with E-state index in [1.54, 1.807) is 35.4 Å². The van der Waals surface area contributed by atoms with E-state index >= 15 is 8.78 Å². The predicted octanol–water partition coefficient (Wildman–Crippen LogP) is 7.82. The van der Waals surface area contributed by atoms with Crippen LogP contribution in [-0.2, 0) is 17.3 Å². The molecule has 1 aromatic heterocycles. The van der Waals surface area contributed by atoms with Gasteiger partial charge in [-0.05, 0) is 59.6 Å². The maximum absolute atomic E-state index is 15.4. The average molecular weight is 576 g/mol. The molecule has 192 valence electrons. The Hall–Kier alpha value is -3.52. The maximum Gasteiger partial charge on any atom is 0.410 e. The summed E-state index contributed by atoms with van der Waals surface area (Å²) in [7, 11) is 0. The van der Waals surface area contributed by atoms with Crippen molar-refractivity contribution in [3.63, 3.8) is 0 Å². The van der Waals surface area contributed by atoms with Crippen molar-refractivity contribution < 1.29 is 18.3 Å². The largest absolute Gasteiger partial charge is 0.445 e. The third-order valence-electron chi connectivity index (χ3n) is 8.10. The fraction of sp³-hybridized carbons (Fsp3) is 0.267. The third-order valence-corrected chi connectivity index (χ3v) is 8.59. The van der Waals surface area contributed by atoms with Gasteiger partial charge in [0.1, 0.15) is 12.4 Å². The number of carbonyl (C=O) groups is 1. The minimum absolute atomic E-state index is 0.00895. The Morgan fingerprint density at radius 2 is 1.79 bits per heavy atom.